The summed E-state index contributed by atoms with van der Waals surface area (Å²) in [6.07, 6.45) is 0. The van der Waals surface area contributed by atoms with Crippen LogP contribution in [-0.4, -0.2) is 13.1 Å². The lowest BCUT2D eigenvalue weighted by atomic mass is 10.2. The normalized spacial score (nSPS) is 10.5. The molecule has 0 aromatic heterocycles. The molecule has 112 valence electrons. The number of hydrogen-bond acceptors (Lipinski definition) is 2. The Balaban J connectivity index is 2.00. The minimum Gasteiger partial charge on any atom is -0.381 e. The van der Waals surface area contributed by atoms with Gasteiger partial charge in [-0.25, -0.2) is 4.39 Å². The van der Waals surface area contributed by atoms with E-state index in [9.17, 15) is 4.39 Å². The lowest BCUT2D eigenvalue weighted by Crippen LogP contribution is -2.21. The van der Waals surface area contributed by atoms with Crippen molar-refractivity contribution >= 4 is 27.3 Å². The third kappa shape index (κ3) is 4.21. The van der Waals surface area contributed by atoms with E-state index in [4.69, 9.17) is 0 Å². The van der Waals surface area contributed by atoms with Crippen LogP contribution in [0, 0.1) is 5.82 Å². The summed E-state index contributed by atoms with van der Waals surface area (Å²) < 4.78 is 13.8. The highest BCUT2D eigenvalue weighted by atomic mass is 79.9. The molecule has 2 rings (SSSR count). The Kier molecular flexibility index (Phi) is 5.62. The maximum Gasteiger partial charge on any atom is 0.124 e. The lowest BCUT2D eigenvalue weighted by molar-refractivity contribution is 0.626. The van der Waals surface area contributed by atoms with Crippen molar-refractivity contribution in [3.05, 3.63) is 58.3 Å². The van der Waals surface area contributed by atoms with Gasteiger partial charge in [-0.15, -0.1) is 0 Å². The lowest BCUT2D eigenvalue weighted by Gasteiger charge is -2.21. The van der Waals surface area contributed by atoms with Crippen molar-refractivity contribution in [1.29, 1.82) is 0 Å². The van der Waals surface area contributed by atoms with Crippen LogP contribution in [0.3, 0.4) is 0 Å². The van der Waals surface area contributed by atoms with Gasteiger partial charge in [0, 0.05) is 35.5 Å². The molecule has 0 saturated carbocycles. The molecule has 0 fully saturated rings. The molecule has 0 aliphatic rings. The zero-order valence-electron chi connectivity index (χ0n) is 12.4. The molecule has 2 nitrogen and oxygen atoms in total. The molecule has 0 saturated heterocycles. The van der Waals surface area contributed by atoms with Crippen LogP contribution in [0.2, 0.25) is 0 Å². The summed E-state index contributed by atoms with van der Waals surface area (Å²) >= 11 is 3.38. The van der Waals surface area contributed by atoms with E-state index < -0.39 is 0 Å². The predicted molar refractivity (Wildman–Crippen MR) is 91.4 cm³/mol. The van der Waals surface area contributed by atoms with Crippen LogP contribution in [0.15, 0.2) is 46.9 Å². The van der Waals surface area contributed by atoms with Gasteiger partial charge in [-0.3, -0.25) is 0 Å². The van der Waals surface area contributed by atoms with Crippen molar-refractivity contribution in [2.45, 2.75) is 20.4 Å². The zero-order valence-corrected chi connectivity index (χ0v) is 14.0. The van der Waals surface area contributed by atoms with Crippen LogP contribution in [0.5, 0.6) is 0 Å². The summed E-state index contributed by atoms with van der Waals surface area (Å²) in [5.41, 5.74) is 3.32. The molecule has 2 aromatic rings. The van der Waals surface area contributed by atoms with Crippen LogP contribution in [-0.2, 0) is 6.54 Å². The number of nitrogens with one attached hydrogen (secondary N) is 1. The molecule has 21 heavy (non-hydrogen) atoms. The highest BCUT2D eigenvalue weighted by Gasteiger charge is 2.03. The van der Waals surface area contributed by atoms with E-state index in [-0.39, 0.29) is 5.82 Å². The second-order valence-corrected chi connectivity index (χ2v) is 5.66. The van der Waals surface area contributed by atoms with Gasteiger partial charge in [0.05, 0.1) is 0 Å². The first-order valence-corrected chi connectivity index (χ1v) is 7.96. The standard InChI is InChI=1S/C17H20BrFN2/c1-3-21(4-2)16-9-7-15(8-10-16)20-12-13-5-6-14(19)11-17(13)18/h5-11,20H,3-4,12H2,1-2H3. The van der Waals surface area contributed by atoms with E-state index in [1.165, 1.54) is 17.8 Å². The quantitative estimate of drug-likeness (QED) is 0.784. The highest BCUT2D eigenvalue weighted by Crippen LogP contribution is 2.21. The van der Waals surface area contributed by atoms with Gasteiger partial charge < -0.3 is 10.2 Å². The van der Waals surface area contributed by atoms with Crippen LogP contribution in [0.1, 0.15) is 19.4 Å². The molecule has 0 unspecified atom stereocenters. The van der Waals surface area contributed by atoms with Gasteiger partial charge in [0.2, 0.25) is 0 Å². The fourth-order valence-corrected chi connectivity index (χ4v) is 2.73. The van der Waals surface area contributed by atoms with E-state index >= 15 is 0 Å². The molecule has 0 heterocycles. The van der Waals surface area contributed by atoms with E-state index in [1.807, 2.05) is 0 Å². The SMILES string of the molecule is CCN(CC)c1ccc(NCc2ccc(F)cc2Br)cc1. The smallest absolute Gasteiger partial charge is 0.124 e. The first kappa shape index (κ1) is 15.8. The molecule has 0 aliphatic carbocycles. The maximum atomic E-state index is 13.0. The third-order valence-corrected chi connectivity index (χ3v) is 4.23. The summed E-state index contributed by atoms with van der Waals surface area (Å²) in [6.45, 7) is 6.98. The summed E-state index contributed by atoms with van der Waals surface area (Å²) in [6, 6.07) is 13.1. The Hall–Kier alpha value is -1.55. The number of benzene rings is 2. The maximum absolute atomic E-state index is 13.0. The summed E-state index contributed by atoms with van der Waals surface area (Å²) in [7, 11) is 0. The van der Waals surface area contributed by atoms with Gasteiger partial charge in [0.25, 0.3) is 0 Å². The molecule has 0 spiro atoms. The molecule has 0 amide bonds. The van der Waals surface area contributed by atoms with Gasteiger partial charge in [0.1, 0.15) is 5.82 Å². The minimum absolute atomic E-state index is 0.228. The molecule has 4 heteroatoms. The van der Waals surface area contributed by atoms with Crippen LogP contribution in [0.25, 0.3) is 0 Å². The second-order valence-electron chi connectivity index (χ2n) is 4.81. The summed E-state index contributed by atoms with van der Waals surface area (Å²) in [5.74, 6) is -0.228. The molecule has 0 radical (unpaired) electrons. The Morgan fingerprint density at radius 3 is 2.29 bits per heavy atom. The van der Waals surface area contributed by atoms with Gasteiger partial charge >= 0.3 is 0 Å². The average Bonchev–Trinajstić information content (AvgIpc) is 2.49. The molecule has 2 aromatic carbocycles. The van der Waals surface area contributed by atoms with Gasteiger partial charge in [0.15, 0.2) is 0 Å². The summed E-state index contributed by atoms with van der Waals surface area (Å²) in [5, 5.41) is 3.35. The molecule has 0 atom stereocenters. The molecule has 0 bridgehead atoms. The Labute approximate surface area is 134 Å². The second kappa shape index (κ2) is 7.46. The van der Waals surface area contributed by atoms with Gasteiger partial charge in [-0.1, -0.05) is 22.0 Å². The Bertz CT molecular complexity index is 580. The minimum atomic E-state index is -0.228. The predicted octanol–water partition coefficient (Wildman–Crippen LogP) is 5.05. The fourth-order valence-electron chi connectivity index (χ4n) is 2.24. The Morgan fingerprint density at radius 2 is 1.71 bits per heavy atom. The number of nitrogens with zero attached hydrogens (tertiary/aromatic N) is 1. The number of hydrogen-bond donors (Lipinski definition) is 1. The molecule has 0 aliphatic heterocycles. The van der Waals surface area contributed by atoms with Crippen LogP contribution in [0.4, 0.5) is 15.8 Å². The van der Waals surface area contributed by atoms with Crippen molar-refractivity contribution in [2.75, 3.05) is 23.3 Å². The van der Waals surface area contributed by atoms with Crippen molar-refractivity contribution < 1.29 is 4.39 Å². The highest BCUT2D eigenvalue weighted by molar-refractivity contribution is 9.10. The van der Waals surface area contributed by atoms with Crippen molar-refractivity contribution in [1.82, 2.24) is 0 Å². The van der Waals surface area contributed by atoms with Crippen molar-refractivity contribution in [3.63, 3.8) is 0 Å². The van der Waals surface area contributed by atoms with E-state index in [1.54, 1.807) is 6.07 Å². The Morgan fingerprint density at radius 1 is 1.05 bits per heavy atom. The third-order valence-electron chi connectivity index (χ3n) is 3.49. The van der Waals surface area contributed by atoms with E-state index in [2.05, 4.69) is 64.3 Å². The average molecular weight is 351 g/mol. The van der Waals surface area contributed by atoms with Crippen molar-refractivity contribution in [2.24, 2.45) is 0 Å². The zero-order chi connectivity index (χ0) is 15.2. The first-order chi connectivity index (χ1) is 10.1. The molecular formula is C17H20BrFN2. The monoisotopic (exact) mass is 350 g/mol. The summed E-state index contributed by atoms with van der Waals surface area (Å²) in [4.78, 5) is 2.31. The topological polar surface area (TPSA) is 15.3 Å². The van der Waals surface area contributed by atoms with Gasteiger partial charge in [-0.2, -0.15) is 0 Å². The van der Waals surface area contributed by atoms with Crippen LogP contribution >= 0.6 is 15.9 Å². The first-order valence-electron chi connectivity index (χ1n) is 7.16. The van der Waals surface area contributed by atoms with E-state index in [0.717, 1.165) is 28.8 Å². The van der Waals surface area contributed by atoms with Crippen LogP contribution < -0.4 is 10.2 Å². The number of rotatable bonds is 6. The molecule has 1 N–H and O–H groups in total. The van der Waals surface area contributed by atoms with Crippen molar-refractivity contribution in [3.8, 4) is 0 Å². The van der Waals surface area contributed by atoms with Gasteiger partial charge in [-0.05, 0) is 55.8 Å². The fraction of sp³-hybridized carbons (Fsp3) is 0.294. The number of halogens is 2. The van der Waals surface area contributed by atoms with E-state index in [0.29, 0.717) is 6.54 Å². The molecular weight excluding hydrogens is 331 g/mol. The largest absolute Gasteiger partial charge is 0.381 e. The number of anilines is 2.